The molecule has 1 aromatic heterocycles. The molecule has 5 nitrogen and oxygen atoms in total. The Balaban J connectivity index is 2.20. The molecule has 26 heavy (non-hydrogen) atoms. The highest BCUT2D eigenvalue weighted by molar-refractivity contribution is 9.10. The van der Waals surface area contributed by atoms with E-state index in [1.165, 1.54) is 0 Å². The van der Waals surface area contributed by atoms with Gasteiger partial charge in [-0.1, -0.05) is 35.0 Å². The summed E-state index contributed by atoms with van der Waals surface area (Å²) in [5.74, 6) is 0.717. The highest BCUT2D eigenvalue weighted by atomic mass is 79.9. The normalized spacial score (nSPS) is 12.4. The molecule has 1 heterocycles. The number of ether oxygens (including phenoxy) is 1. The zero-order valence-corrected chi connectivity index (χ0v) is 16.5. The SMILES string of the molecule is CC[C@H](NCCOC)c1nc2ccccc2c(=O)n1-c1ccc(Br)cc1. The fourth-order valence-electron chi connectivity index (χ4n) is 2.98. The Labute approximate surface area is 161 Å². The molecule has 2 aromatic carbocycles. The van der Waals surface area contributed by atoms with Crippen molar-refractivity contribution in [2.45, 2.75) is 19.4 Å². The second-order valence-electron chi connectivity index (χ2n) is 6.01. The van der Waals surface area contributed by atoms with Crippen molar-refractivity contribution in [2.24, 2.45) is 0 Å². The predicted molar refractivity (Wildman–Crippen MR) is 108 cm³/mol. The Morgan fingerprint density at radius 1 is 1.19 bits per heavy atom. The lowest BCUT2D eigenvalue weighted by Gasteiger charge is -2.21. The maximum atomic E-state index is 13.2. The van der Waals surface area contributed by atoms with Gasteiger partial charge in [-0.15, -0.1) is 0 Å². The van der Waals surface area contributed by atoms with Crippen LogP contribution in [-0.4, -0.2) is 29.8 Å². The molecule has 0 unspecified atom stereocenters. The molecule has 136 valence electrons. The maximum absolute atomic E-state index is 13.2. The summed E-state index contributed by atoms with van der Waals surface area (Å²) in [6, 6.07) is 15.1. The van der Waals surface area contributed by atoms with Gasteiger partial charge >= 0.3 is 0 Å². The molecule has 0 spiro atoms. The molecule has 1 N–H and O–H groups in total. The van der Waals surface area contributed by atoms with Gasteiger partial charge in [0.15, 0.2) is 0 Å². The van der Waals surface area contributed by atoms with Crippen LogP contribution in [0.4, 0.5) is 0 Å². The van der Waals surface area contributed by atoms with Crippen LogP contribution in [0.25, 0.3) is 16.6 Å². The van der Waals surface area contributed by atoms with E-state index < -0.39 is 0 Å². The van der Waals surface area contributed by atoms with E-state index >= 15 is 0 Å². The Bertz CT molecular complexity index is 938. The molecule has 0 aliphatic heterocycles. The van der Waals surface area contributed by atoms with Gasteiger partial charge in [-0.05, 0) is 42.8 Å². The molecule has 0 amide bonds. The number of benzene rings is 2. The van der Waals surface area contributed by atoms with Crippen molar-refractivity contribution in [1.82, 2.24) is 14.9 Å². The first kappa shape index (κ1) is 18.8. The van der Waals surface area contributed by atoms with Crippen molar-refractivity contribution < 1.29 is 4.74 Å². The summed E-state index contributed by atoms with van der Waals surface area (Å²) in [4.78, 5) is 18.1. The molecule has 0 saturated carbocycles. The Morgan fingerprint density at radius 2 is 1.92 bits per heavy atom. The minimum Gasteiger partial charge on any atom is -0.383 e. The highest BCUT2D eigenvalue weighted by Crippen LogP contribution is 2.21. The molecule has 3 rings (SSSR count). The number of nitrogens with zero attached hydrogens (tertiary/aromatic N) is 2. The van der Waals surface area contributed by atoms with Crippen LogP contribution in [0, 0.1) is 0 Å². The number of fused-ring (bicyclic) bond motifs is 1. The van der Waals surface area contributed by atoms with E-state index in [1.54, 1.807) is 11.7 Å². The topological polar surface area (TPSA) is 56.1 Å². The van der Waals surface area contributed by atoms with Gasteiger partial charge in [0.25, 0.3) is 5.56 Å². The van der Waals surface area contributed by atoms with Gasteiger partial charge in [0.05, 0.1) is 29.2 Å². The Hall–Kier alpha value is -2.02. The molecule has 0 saturated heterocycles. The number of hydrogen-bond acceptors (Lipinski definition) is 4. The van der Waals surface area contributed by atoms with E-state index in [-0.39, 0.29) is 11.6 Å². The minimum absolute atomic E-state index is 0.0499. The Kier molecular flexibility index (Phi) is 6.19. The van der Waals surface area contributed by atoms with E-state index in [1.807, 2.05) is 48.5 Å². The largest absolute Gasteiger partial charge is 0.383 e. The van der Waals surface area contributed by atoms with E-state index in [4.69, 9.17) is 9.72 Å². The van der Waals surface area contributed by atoms with Crippen LogP contribution >= 0.6 is 15.9 Å². The van der Waals surface area contributed by atoms with Crippen LogP contribution < -0.4 is 10.9 Å². The van der Waals surface area contributed by atoms with Crippen LogP contribution in [0.2, 0.25) is 0 Å². The molecular weight excluding hydrogens is 394 g/mol. The maximum Gasteiger partial charge on any atom is 0.266 e. The second kappa shape index (κ2) is 8.58. The average molecular weight is 416 g/mol. The third-order valence-corrected chi connectivity index (χ3v) is 4.83. The fraction of sp³-hybridized carbons (Fsp3) is 0.300. The molecule has 0 fully saturated rings. The van der Waals surface area contributed by atoms with Crippen LogP contribution in [0.5, 0.6) is 0 Å². The lowest BCUT2D eigenvalue weighted by molar-refractivity contribution is 0.194. The molecule has 0 bridgehead atoms. The lowest BCUT2D eigenvalue weighted by Crippen LogP contribution is -2.32. The van der Waals surface area contributed by atoms with Gasteiger partial charge in [0, 0.05) is 18.1 Å². The fourth-order valence-corrected chi connectivity index (χ4v) is 3.24. The van der Waals surface area contributed by atoms with Gasteiger partial charge in [-0.25, -0.2) is 4.98 Å². The standard InChI is InChI=1S/C20H22BrN3O2/c1-3-17(22-12-13-26-2)19-23-18-7-5-4-6-16(18)20(25)24(19)15-10-8-14(21)9-11-15/h4-11,17,22H,3,12-13H2,1-2H3/t17-/m0/s1. The molecular formula is C20H22BrN3O2. The molecule has 1 atom stereocenters. The zero-order chi connectivity index (χ0) is 18.5. The second-order valence-corrected chi connectivity index (χ2v) is 6.93. The number of methoxy groups -OCH3 is 1. The van der Waals surface area contributed by atoms with Crippen molar-refractivity contribution in [1.29, 1.82) is 0 Å². The van der Waals surface area contributed by atoms with Gasteiger partial charge in [0.1, 0.15) is 5.82 Å². The summed E-state index contributed by atoms with van der Waals surface area (Å²) < 4.78 is 7.82. The average Bonchev–Trinajstić information content (AvgIpc) is 2.66. The first-order chi connectivity index (χ1) is 12.7. The highest BCUT2D eigenvalue weighted by Gasteiger charge is 2.19. The summed E-state index contributed by atoms with van der Waals surface area (Å²) in [6.07, 6.45) is 0.811. The number of nitrogens with one attached hydrogen (secondary N) is 1. The summed E-state index contributed by atoms with van der Waals surface area (Å²) in [5, 5.41) is 4.06. The van der Waals surface area contributed by atoms with E-state index in [0.29, 0.717) is 24.1 Å². The van der Waals surface area contributed by atoms with Gasteiger partial charge in [0.2, 0.25) is 0 Å². The number of aromatic nitrogens is 2. The zero-order valence-electron chi connectivity index (χ0n) is 14.9. The molecule has 0 aliphatic carbocycles. The number of halogens is 1. The lowest BCUT2D eigenvalue weighted by atomic mass is 10.1. The van der Waals surface area contributed by atoms with Crippen molar-refractivity contribution in [3.8, 4) is 5.69 Å². The van der Waals surface area contributed by atoms with Gasteiger partial charge in [-0.3, -0.25) is 9.36 Å². The molecule has 0 aliphatic rings. The minimum atomic E-state index is -0.0556. The number of hydrogen-bond donors (Lipinski definition) is 1. The van der Waals surface area contributed by atoms with Crippen molar-refractivity contribution in [3.05, 3.63) is 69.2 Å². The molecule has 3 aromatic rings. The van der Waals surface area contributed by atoms with E-state index in [0.717, 1.165) is 22.4 Å². The smallest absolute Gasteiger partial charge is 0.266 e. The van der Waals surface area contributed by atoms with Crippen LogP contribution in [0.1, 0.15) is 25.2 Å². The molecule has 6 heteroatoms. The van der Waals surface area contributed by atoms with E-state index in [2.05, 4.69) is 28.2 Å². The van der Waals surface area contributed by atoms with Crippen LogP contribution in [0.3, 0.4) is 0 Å². The van der Waals surface area contributed by atoms with Crippen molar-refractivity contribution >= 4 is 26.8 Å². The number of para-hydroxylation sites is 1. The van der Waals surface area contributed by atoms with Crippen LogP contribution in [-0.2, 0) is 4.74 Å². The first-order valence-electron chi connectivity index (χ1n) is 8.65. The first-order valence-corrected chi connectivity index (χ1v) is 9.45. The monoisotopic (exact) mass is 415 g/mol. The number of rotatable bonds is 7. The summed E-state index contributed by atoms with van der Waals surface area (Å²) >= 11 is 3.45. The summed E-state index contributed by atoms with van der Waals surface area (Å²) in [7, 11) is 1.68. The van der Waals surface area contributed by atoms with Crippen LogP contribution in [0.15, 0.2) is 57.8 Å². The van der Waals surface area contributed by atoms with Gasteiger partial charge in [-0.2, -0.15) is 0 Å². The third-order valence-electron chi connectivity index (χ3n) is 4.30. The summed E-state index contributed by atoms with van der Waals surface area (Å²) in [6.45, 7) is 3.38. The van der Waals surface area contributed by atoms with Crippen molar-refractivity contribution in [2.75, 3.05) is 20.3 Å². The quantitative estimate of drug-likeness (QED) is 0.595. The summed E-state index contributed by atoms with van der Waals surface area (Å²) in [5.41, 5.74) is 1.46. The van der Waals surface area contributed by atoms with Crippen molar-refractivity contribution in [3.63, 3.8) is 0 Å². The predicted octanol–water partition coefficient (Wildman–Crippen LogP) is 3.84. The Morgan fingerprint density at radius 3 is 2.62 bits per heavy atom. The molecule has 0 radical (unpaired) electrons. The van der Waals surface area contributed by atoms with E-state index in [9.17, 15) is 4.79 Å². The third kappa shape index (κ3) is 3.87. The van der Waals surface area contributed by atoms with Gasteiger partial charge < -0.3 is 10.1 Å².